The Balaban J connectivity index is 1.11. The molecule has 0 unspecified atom stereocenters. The van der Waals surface area contributed by atoms with Gasteiger partial charge in [-0.3, -0.25) is 0 Å². The molecular formula is C46H30N4. The van der Waals surface area contributed by atoms with Crippen molar-refractivity contribution in [2.45, 2.75) is 0 Å². The van der Waals surface area contributed by atoms with Gasteiger partial charge < -0.3 is 9.13 Å². The molecule has 0 saturated heterocycles. The van der Waals surface area contributed by atoms with Gasteiger partial charge in [0.25, 0.3) is 0 Å². The maximum absolute atomic E-state index is 5.06. The molecule has 6 aromatic carbocycles. The summed E-state index contributed by atoms with van der Waals surface area (Å²) >= 11 is 0. The van der Waals surface area contributed by atoms with Gasteiger partial charge in [0.1, 0.15) is 0 Å². The third-order valence-corrected chi connectivity index (χ3v) is 9.74. The second-order valence-electron chi connectivity index (χ2n) is 12.6. The second-order valence-corrected chi connectivity index (χ2v) is 12.6. The number of benzene rings is 6. The molecule has 10 aromatic rings. The molecule has 4 aromatic heterocycles. The zero-order chi connectivity index (χ0) is 33.0. The molecule has 0 N–H and O–H groups in total. The maximum atomic E-state index is 5.06. The number of fused-ring (bicyclic) bond motifs is 7. The highest BCUT2D eigenvalue weighted by Crippen LogP contribution is 2.42. The van der Waals surface area contributed by atoms with Crippen molar-refractivity contribution >= 4 is 43.6 Å². The molecule has 0 bridgehead atoms. The summed E-state index contributed by atoms with van der Waals surface area (Å²) in [4.78, 5) is 10.0. The van der Waals surface area contributed by atoms with Crippen LogP contribution in [-0.2, 0) is 0 Å². The summed E-state index contributed by atoms with van der Waals surface area (Å²) in [6.45, 7) is 0. The molecule has 0 atom stereocenters. The van der Waals surface area contributed by atoms with Gasteiger partial charge in [-0.2, -0.15) is 0 Å². The average Bonchev–Trinajstić information content (AvgIpc) is 3.72. The lowest BCUT2D eigenvalue weighted by atomic mass is 10.1. The van der Waals surface area contributed by atoms with Gasteiger partial charge in [0.05, 0.1) is 44.8 Å². The standard InChI is InChI=1S/C46H30N4/c1-3-13-31(14-4-1)38-19-11-21-40(47-38)41-22-12-20-39(48-41)32-25-27-34(28-26-32)49-43-24-10-8-18-37(43)45-44(49)30-29-36-35-17-7-9-23-42(35)50(46(36)45)33-15-5-2-6-16-33/h1-30H. The number of nitrogens with zero attached hydrogens (tertiary/aromatic N) is 4. The first-order valence-electron chi connectivity index (χ1n) is 16.9. The normalized spacial score (nSPS) is 11.6. The first-order chi connectivity index (χ1) is 24.8. The van der Waals surface area contributed by atoms with Gasteiger partial charge in [0.2, 0.25) is 0 Å². The first kappa shape index (κ1) is 28.3. The lowest BCUT2D eigenvalue weighted by Crippen LogP contribution is -1.96. The molecule has 0 radical (unpaired) electrons. The molecule has 0 amide bonds. The van der Waals surface area contributed by atoms with Crippen LogP contribution in [0.15, 0.2) is 182 Å². The van der Waals surface area contributed by atoms with Crippen LogP contribution < -0.4 is 0 Å². The molecule has 4 heteroatoms. The molecule has 10 rings (SSSR count). The van der Waals surface area contributed by atoms with E-state index in [4.69, 9.17) is 9.97 Å². The van der Waals surface area contributed by atoms with Gasteiger partial charge >= 0.3 is 0 Å². The third-order valence-electron chi connectivity index (χ3n) is 9.74. The molecule has 0 aliphatic heterocycles. The molecule has 0 fully saturated rings. The van der Waals surface area contributed by atoms with Crippen LogP contribution in [0.1, 0.15) is 0 Å². The molecule has 0 saturated carbocycles. The van der Waals surface area contributed by atoms with Crippen molar-refractivity contribution in [3.63, 3.8) is 0 Å². The fourth-order valence-corrected chi connectivity index (χ4v) is 7.50. The van der Waals surface area contributed by atoms with Crippen molar-refractivity contribution in [2.75, 3.05) is 0 Å². The van der Waals surface area contributed by atoms with Gasteiger partial charge in [0, 0.05) is 44.0 Å². The van der Waals surface area contributed by atoms with Crippen LogP contribution in [0.5, 0.6) is 0 Å². The third kappa shape index (κ3) is 4.46. The van der Waals surface area contributed by atoms with E-state index in [1.807, 2.05) is 42.5 Å². The monoisotopic (exact) mass is 638 g/mol. The summed E-state index contributed by atoms with van der Waals surface area (Å²) in [5.41, 5.74) is 12.8. The van der Waals surface area contributed by atoms with E-state index in [1.54, 1.807) is 0 Å². The minimum Gasteiger partial charge on any atom is -0.309 e. The molecular weight excluding hydrogens is 609 g/mol. The summed E-state index contributed by atoms with van der Waals surface area (Å²) in [7, 11) is 0. The Bertz CT molecular complexity index is 2850. The minimum atomic E-state index is 0.851. The predicted molar refractivity (Wildman–Crippen MR) is 207 cm³/mol. The lowest BCUT2D eigenvalue weighted by molar-refractivity contribution is 1.17. The van der Waals surface area contributed by atoms with Crippen molar-refractivity contribution in [3.05, 3.63) is 182 Å². The Kier molecular flexibility index (Phi) is 6.46. The fraction of sp³-hybridized carbons (Fsp3) is 0. The Morgan fingerprint density at radius 1 is 0.300 bits per heavy atom. The van der Waals surface area contributed by atoms with Gasteiger partial charge in [0.15, 0.2) is 0 Å². The van der Waals surface area contributed by atoms with Crippen molar-refractivity contribution < 1.29 is 0 Å². The molecule has 4 nitrogen and oxygen atoms in total. The highest BCUT2D eigenvalue weighted by atomic mass is 15.0. The zero-order valence-corrected chi connectivity index (χ0v) is 27.1. The number of aromatic nitrogens is 4. The molecule has 4 heterocycles. The Morgan fingerprint density at radius 3 is 1.50 bits per heavy atom. The van der Waals surface area contributed by atoms with Crippen LogP contribution in [0.4, 0.5) is 0 Å². The predicted octanol–water partition coefficient (Wildman–Crippen LogP) is 11.7. The van der Waals surface area contributed by atoms with E-state index in [-0.39, 0.29) is 0 Å². The largest absolute Gasteiger partial charge is 0.309 e. The van der Waals surface area contributed by atoms with E-state index < -0.39 is 0 Å². The van der Waals surface area contributed by atoms with Gasteiger partial charge in [-0.15, -0.1) is 0 Å². The Hall–Kier alpha value is -6.78. The molecule has 234 valence electrons. The highest BCUT2D eigenvalue weighted by molar-refractivity contribution is 6.26. The van der Waals surface area contributed by atoms with Crippen LogP contribution in [0.3, 0.4) is 0 Å². The van der Waals surface area contributed by atoms with Gasteiger partial charge in [-0.05, 0) is 66.7 Å². The van der Waals surface area contributed by atoms with Crippen LogP contribution in [0, 0.1) is 0 Å². The zero-order valence-electron chi connectivity index (χ0n) is 27.1. The number of para-hydroxylation sites is 3. The van der Waals surface area contributed by atoms with E-state index >= 15 is 0 Å². The molecule has 50 heavy (non-hydrogen) atoms. The van der Waals surface area contributed by atoms with E-state index in [0.29, 0.717) is 0 Å². The first-order valence-corrected chi connectivity index (χ1v) is 16.9. The van der Waals surface area contributed by atoms with Crippen LogP contribution in [0.2, 0.25) is 0 Å². The van der Waals surface area contributed by atoms with Gasteiger partial charge in [-0.25, -0.2) is 9.97 Å². The highest BCUT2D eigenvalue weighted by Gasteiger charge is 2.20. The average molecular weight is 639 g/mol. The number of hydrogen-bond acceptors (Lipinski definition) is 2. The summed E-state index contributed by atoms with van der Waals surface area (Å²) in [5.74, 6) is 0. The molecule has 0 aliphatic carbocycles. The minimum absolute atomic E-state index is 0.851. The summed E-state index contributed by atoms with van der Waals surface area (Å²) in [6, 6.07) is 64.1. The maximum Gasteiger partial charge on any atom is 0.0893 e. The SMILES string of the molecule is c1ccc(-c2cccc(-c3cccc(-c4ccc(-n5c6ccccc6c6c5ccc5c7ccccc7n(-c7ccccc7)c56)cc4)n3)n2)cc1. The van der Waals surface area contributed by atoms with Crippen molar-refractivity contribution in [2.24, 2.45) is 0 Å². The van der Waals surface area contributed by atoms with E-state index in [2.05, 4.69) is 149 Å². The molecule has 0 spiro atoms. The van der Waals surface area contributed by atoms with E-state index in [9.17, 15) is 0 Å². The smallest absolute Gasteiger partial charge is 0.0893 e. The summed E-state index contributed by atoms with van der Waals surface area (Å²) in [5, 5.41) is 5.00. The Morgan fingerprint density at radius 2 is 0.820 bits per heavy atom. The number of hydrogen-bond donors (Lipinski definition) is 0. The van der Waals surface area contributed by atoms with E-state index in [1.165, 1.54) is 43.6 Å². The second kappa shape index (κ2) is 11.4. The topological polar surface area (TPSA) is 35.6 Å². The summed E-state index contributed by atoms with van der Waals surface area (Å²) in [6.07, 6.45) is 0. The van der Waals surface area contributed by atoms with Gasteiger partial charge in [-0.1, -0.05) is 115 Å². The summed E-state index contributed by atoms with van der Waals surface area (Å²) < 4.78 is 4.82. The van der Waals surface area contributed by atoms with E-state index in [0.717, 1.165) is 45.3 Å². The number of rotatable bonds is 5. The van der Waals surface area contributed by atoms with Crippen LogP contribution in [0.25, 0.3) is 88.9 Å². The quantitative estimate of drug-likeness (QED) is 0.188. The van der Waals surface area contributed by atoms with Crippen molar-refractivity contribution in [3.8, 4) is 45.3 Å². The lowest BCUT2D eigenvalue weighted by Gasteiger charge is -2.11. The fourth-order valence-electron chi connectivity index (χ4n) is 7.50. The van der Waals surface area contributed by atoms with Crippen molar-refractivity contribution in [1.82, 2.24) is 19.1 Å². The van der Waals surface area contributed by atoms with Crippen LogP contribution in [-0.4, -0.2) is 19.1 Å². The van der Waals surface area contributed by atoms with Crippen LogP contribution >= 0.6 is 0 Å². The molecule has 0 aliphatic rings. The number of pyridine rings is 2. The van der Waals surface area contributed by atoms with Crippen molar-refractivity contribution in [1.29, 1.82) is 0 Å². The Labute approximate surface area is 289 Å².